The van der Waals surface area contributed by atoms with Crippen LogP contribution in [-0.2, 0) is 0 Å². The molecule has 0 saturated heterocycles. The summed E-state index contributed by atoms with van der Waals surface area (Å²) in [6.45, 7) is 6.29. The SMILES string of the molecule is Cc1nn2c(C(C)C)c(C(=O)N[C@H]3CCOc4ccccc43)cnc2c1-c1c(F)cccc1Cl. The van der Waals surface area contributed by atoms with Gasteiger partial charge in [-0.25, -0.2) is 13.9 Å². The number of fused-ring (bicyclic) bond motifs is 2. The fourth-order valence-corrected chi connectivity index (χ4v) is 4.85. The zero-order chi connectivity index (χ0) is 24.0. The number of benzene rings is 2. The van der Waals surface area contributed by atoms with Gasteiger partial charge in [-0.05, 0) is 31.0 Å². The average molecular weight is 479 g/mol. The van der Waals surface area contributed by atoms with E-state index in [1.165, 1.54) is 6.07 Å². The quantitative estimate of drug-likeness (QED) is 0.398. The Morgan fingerprint density at radius 1 is 1.21 bits per heavy atom. The number of rotatable bonds is 4. The summed E-state index contributed by atoms with van der Waals surface area (Å²) in [5.41, 5.74) is 3.90. The molecule has 6 nitrogen and oxygen atoms in total. The first-order valence-corrected chi connectivity index (χ1v) is 11.6. The fourth-order valence-electron chi connectivity index (χ4n) is 4.60. The molecule has 0 saturated carbocycles. The summed E-state index contributed by atoms with van der Waals surface area (Å²) in [5, 5.41) is 8.07. The summed E-state index contributed by atoms with van der Waals surface area (Å²) in [6, 6.07) is 12.1. The average Bonchev–Trinajstić information content (AvgIpc) is 3.14. The van der Waals surface area contributed by atoms with Crippen LogP contribution in [0.1, 0.15) is 59.5 Å². The molecule has 0 bridgehead atoms. The van der Waals surface area contributed by atoms with E-state index >= 15 is 0 Å². The molecule has 2 aromatic heterocycles. The van der Waals surface area contributed by atoms with E-state index in [1.807, 2.05) is 38.1 Å². The Morgan fingerprint density at radius 3 is 2.76 bits per heavy atom. The summed E-state index contributed by atoms with van der Waals surface area (Å²) < 4.78 is 22.1. The van der Waals surface area contributed by atoms with Crippen molar-refractivity contribution in [1.82, 2.24) is 19.9 Å². The van der Waals surface area contributed by atoms with E-state index in [0.29, 0.717) is 41.2 Å². The van der Waals surface area contributed by atoms with Gasteiger partial charge in [0.05, 0.1) is 40.2 Å². The Hall–Kier alpha value is -3.45. The fraction of sp³-hybridized carbons (Fsp3) is 0.269. The van der Waals surface area contributed by atoms with Crippen molar-refractivity contribution >= 4 is 23.2 Å². The Kier molecular flexibility index (Phi) is 5.73. The lowest BCUT2D eigenvalue weighted by Gasteiger charge is -2.27. The maximum absolute atomic E-state index is 14.7. The highest BCUT2D eigenvalue weighted by Gasteiger charge is 2.28. The van der Waals surface area contributed by atoms with Gasteiger partial charge in [0, 0.05) is 23.7 Å². The Balaban J connectivity index is 1.60. The maximum atomic E-state index is 14.7. The lowest BCUT2D eigenvalue weighted by molar-refractivity contribution is 0.0922. The van der Waals surface area contributed by atoms with E-state index in [-0.39, 0.29) is 28.5 Å². The van der Waals surface area contributed by atoms with Crippen LogP contribution in [0, 0.1) is 12.7 Å². The van der Waals surface area contributed by atoms with Gasteiger partial charge in [-0.2, -0.15) is 5.10 Å². The van der Waals surface area contributed by atoms with Gasteiger partial charge in [-0.1, -0.05) is 49.7 Å². The summed E-state index contributed by atoms with van der Waals surface area (Å²) in [6.07, 6.45) is 2.22. The molecule has 8 heteroatoms. The van der Waals surface area contributed by atoms with Crippen molar-refractivity contribution in [1.29, 1.82) is 0 Å². The molecule has 1 aliphatic heterocycles. The van der Waals surface area contributed by atoms with Crippen LogP contribution in [0.25, 0.3) is 16.8 Å². The Morgan fingerprint density at radius 2 is 2.00 bits per heavy atom. The van der Waals surface area contributed by atoms with Gasteiger partial charge < -0.3 is 10.1 Å². The molecule has 2 aromatic carbocycles. The number of nitrogens with zero attached hydrogens (tertiary/aromatic N) is 3. The zero-order valence-corrected chi connectivity index (χ0v) is 19.9. The third-order valence-corrected chi connectivity index (χ3v) is 6.44. The molecule has 1 atom stereocenters. The van der Waals surface area contributed by atoms with Crippen LogP contribution >= 0.6 is 11.6 Å². The lowest BCUT2D eigenvalue weighted by atomic mass is 9.99. The molecular weight excluding hydrogens is 455 g/mol. The summed E-state index contributed by atoms with van der Waals surface area (Å²) in [7, 11) is 0. The van der Waals surface area contributed by atoms with E-state index in [1.54, 1.807) is 29.8 Å². The molecule has 0 fully saturated rings. The molecule has 1 aliphatic rings. The number of aromatic nitrogens is 3. The van der Waals surface area contributed by atoms with Gasteiger partial charge in [-0.15, -0.1) is 0 Å². The second-order valence-electron chi connectivity index (χ2n) is 8.71. The number of amides is 1. The minimum Gasteiger partial charge on any atom is -0.493 e. The molecule has 5 rings (SSSR count). The molecule has 1 amide bonds. The second kappa shape index (κ2) is 8.72. The van der Waals surface area contributed by atoms with E-state index in [4.69, 9.17) is 16.3 Å². The predicted octanol–water partition coefficient (Wildman–Crippen LogP) is 5.87. The van der Waals surface area contributed by atoms with Gasteiger partial charge >= 0.3 is 0 Å². The molecule has 0 radical (unpaired) electrons. The van der Waals surface area contributed by atoms with Crippen molar-refractivity contribution in [3.63, 3.8) is 0 Å². The van der Waals surface area contributed by atoms with Gasteiger partial charge in [0.1, 0.15) is 11.6 Å². The van der Waals surface area contributed by atoms with E-state index in [9.17, 15) is 9.18 Å². The maximum Gasteiger partial charge on any atom is 0.255 e. The van der Waals surface area contributed by atoms with Gasteiger partial charge in [-0.3, -0.25) is 4.79 Å². The van der Waals surface area contributed by atoms with Crippen LogP contribution in [-0.4, -0.2) is 27.1 Å². The number of nitrogens with one attached hydrogen (secondary N) is 1. The van der Waals surface area contributed by atoms with E-state index < -0.39 is 5.82 Å². The number of carbonyl (C=O) groups is 1. The van der Waals surface area contributed by atoms with Crippen molar-refractivity contribution < 1.29 is 13.9 Å². The monoisotopic (exact) mass is 478 g/mol. The largest absolute Gasteiger partial charge is 0.493 e. The number of ether oxygens (including phenoxy) is 1. The molecule has 34 heavy (non-hydrogen) atoms. The first kappa shape index (κ1) is 22.3. The second-order valence-corrected chi connectivity index (χ2v) is 9.11. The molecule has 174 valence electrons. The normalized spacial score (nSPS) is 15.3. The van der Waals surface area contributed by atoms with E-state index in [0.717, 1.165) is 11.3 Å². The molecular formula is C26H24ClFN4O2. The topological polar surface area (TPSA) is 68.5 Å². The lowest BCUT2D eigenvalue weighted by Crippen LogP contribution is -2.33. The van der Waals surface area contributed by atoms with Crippen LogP contribution in [0.3, 0.4) is 0 Å². The third-order valence-electron chi connectivity index (χ3n) is 6.12. The van der Waals surface area contributed by atoms with Crippen LogP contribution in [0.5, 0.6) is 5.75 Å². The highest BCUT2D eigenvalue weighted by atomic mass is 35.5. The van der Waals surface area contributed by atoms with Crippen molar-refractivity contribution in [2.45, 2.75) is 39.2 Å². The molecule has 0 aliphatic carbocycles. The van der Waals surface area contributed by atoms with E-state index in [2.05, 4.69) is 15.4 Å². The highest BCUT2D eigenvalue weighted by Crippen LogP contribution is 2.37. The van der Waals surface area contributed by atoms with Crippen molar-refractivity contribution in [2.75, 3.05) is 6.61 Å². The van der Waals surface area contributed by atoms with Crippen LogP contribution < -0.4 is 10.1 Å². The van der Waals surface area contributed by atoms with Crippen LogP contribution in [0.15, 0.2) is 48.7 Å². The van der Waals surface area contributed by atoms with Crippen molar-refractivity contribution in [3.8, 4) is 16.9 Å². The highest BCUT2D eigenvalue weighted by molar-refractivity contribution is 6.33. The number of para-hydroxylation sites is 1. The first-order chi connectivity index (χ1) is 16.4. The van der Waals surface area contributed by atoms with Gasteiger partial charge in [0.2, 0.25) is 0 Å². The number of hydrogen-bond acceptors (Lipinski definition) is 4. The number of aryl methyl sites for hydroxylation is 1. The minimum atomic E-state index is -0.446. The molecule has 1 N–H and O–H groups in total. The summed E-state index contributed by atoms with van der Waals surface area (Å²) in [5.74, 6) is 0.0547. The van der Waals surface area contributed by atoms with Crippen molar-refractivity contribution in [2.24, 2.45) is 0 Å². The zero-order valence-electron chi connectivity index (χ0n) is 19.1. The molecule has 0 unspecified atom stereocenters. The number of halogens is 2. The summed E-state index contributed by atoms with van der Waals surface area (Å²) >= 11 is 6.35. The molecule has 0 spiro atoms. The molecule has 3 heterocycles. The van der Waals surface area contributed by atoms with Gasteiger partial charge in [0.25, 0.3) is 5.91 Å². The minimum absolute atomic E-state index is 0.0449. The number of carbonyl (C=O) groups excluding carboxylic acids is 1. The van der Waals surface area contributed by atoms with Crippen molar-refractivity contribution in [3.05, 3.63) is 82.0 Å². The third kappa shape index (κ3) is 3.70. The smallest absolute Gasteiger partial charge is 0.255 e. The molecule has 4 aromatic rings. The standard InChI is InChI=1S/C26H24ClFN4O2/c1-14(2)24-17(26(33)30-20-11-12-34-21-10-5-4-7-16(20)21)13-29-25-22(15(3)31-32(24)25)23-18(27)8-6-9-19(23)28/h4-10,13-14,20H,11-12H2,1-3H3,(H,30,33)/t20-/m0/s1. The van der Waals surface area contributed by atoms with Crippen LogP contribution in [0.2, 0.25) is 5.02 Å². The Bertz CT molecular complexity index is 1400. The Labute approximate surface area is 201 Å². The summed E-state index contributed by atoms with van der Waals surface area (Å²) in [4.78, 5) is 18.0. The first-order valence-electron chi connectivity index (χ1n) is 11.2. The number of hydrogen-bond donors (Lipinski definition) is 1. The predicted molar refractivity (Wildman–Crippen MR) is 129 cm³/mol. The van der Waals surface area contributed by atoms with Gasteiger partial charge in [0.15, 0.2) is 5.65 Å². The van der Waals surface area contributed by atoms with Crippen LogP contribution in [0.4, 0.5) is 4.39 Å².